The minimum absolute atomic E-state index is 0.196. The summed E-state index contributed by atoms with van der Waals surface area (Å²) >= 11 is 0. The van der Waals surface area contributed by atoms with Crippen molar-refractivity contribution in [3.05, 3.63) is 71.7 Å². The molecule has 0 aromatic heterocycles. The SMILES string of the molecule is COC(=O)/C=C(/Nc1ccccc1C(=O)Nc1ccc(F)cc1)C(=O)OC. The summed E-state index contributed by atoms with van der Waals surface area (Å²) < 4.78 is 22.1. The Labute approximate surface area is 154 Å². The van der Waals surface area contributed by atoms with Gasteiger partial charge in [0.15, 0.2) is 0 Å². The van der Waals surface area contributed by atoms with E-state index < -0.39 is 23.7 Å². The summed E-state index contributed by atoms with van der Waals surface area (Å²) in [5, 5.41) is 5.33. The van der Waals surface area contributed by atoms with E-state index in [1.807, 2.05) is 0 Å². The average molecular weight is 372 g/mol. The largest absolute Gasteiger partial charge is 0.466 e. The van der Waals surface area contributed by atoms with Gasteiger partial charge in [-0.3, -0.25) is 4.79 Å². The monoisotopic (exact) mass is 372 g/mol. The van der Waals surface area contributed by atoms with Crippen molar-refractivity contribution in [3.63, 3.8) is 0 Å². The van der Waals surface area contributed by atoms with Gasteiger partial charge in [-0.2, -0.15) is 0 Å². The lowest BCUT2D eigenvalue weighted by Gasteiger charge is -2.13. The van der Waals surface area contributed by atoms with Crippen LogP contribution >= 0.6 is 0 Å². The average Bonchev–Trinajstić information content (AvgIpc) is 2.68. The van der Waals surface area contributed by atoms with Gasteiger partial charge in [0.25, 0.3) is 5.91 Å². The van der Waals surface area contributed by atoms with E-state index in [4.69, 9.17) is 0 Å². The first-order chi connectivity index (χ1) is 12.9. The molecule has 27 heavy (non-hydrogen) atoms. The molecule has 0 aliphatic rings. The maximum Gasteiger partial charge on any atom is 0.354 e. The number of nitrogens with one attached hydrogen (secondary N) is 2. The highest BCUT2D eigenvalue weighted by Crippen LogP contribution is 2.20. The number of benzene rings is 2. The van der Waals surface area contributed by atoms with Crippen LogP contribution in [0.15, 0.2) is 60.3 Å². The number of para-hydroxylation sites is 1. The van der Waals surface area contributed by atoms with Crippen molar-refractivity contribution in [1.29, 1.82) is 0 Å². The Morgan fingerprint density at radius 1 is 0.926 bits per heavy atom. The van der Waals surface area contributed by atoms with Crippen LogP contribution in [0.25, 0.3) is 0 Å². The molecule has 0 heterocycles. The smallest absolute Gasteiger partial charge is 0.354 e. The summed E-state index contributed by atoms with van der Waals surface area (Å²) in [7, 11) is 2.32. The molecule has 2 aromatic rings. The number of esters is 2. The highest BCUT2D eigenvalue weighted by molar-refractivity contribution is 6.09. The third kappa shape index (κ3) is 5.40. The fraction of sp³-hybridized carbons (Fsp3) is 0.105. The molecule has 0 aliphatic heterocycles. The van der Waals surface area contributed by atoms with E-state index in [1.54, 1.807) is 18.2 Å². The van der Waals surface area contributed by atoms with E-state index in [2.05, 4.69) is 20.1 Å². The fourth-order valence-electron chi connectivity index (χ4n) is 2.10. The zero-order valence-corrected chi connectivity index (χ0v) is 14.6. The molecule has 0 saturated carbocycles. The summed E-state index contributed by atoms with van der Waals surface area (Å²) in [6.45, 7) is 0. The quantitative estimate of drug-likeness (QED) is 0.598. The number of hydrogen-bond acceptors (Lipinski definition) is 6. The van der Waals surface area contributed by atoms with E-state index in [0.29, 0.717) is 5.69 Å². The fourth-order valence-corrected chi connectivity index (χ4v) is 2.10. The van der Waals surface area contributed by atoms with Crippen LogP contribution in [0, 0.1) is 5.82 Å². The van der Waals surface area contributed by atoms with Crippen molar-refractivity contribution in [2.75, 3.05) is 24.9 Å². The summed E-state index contributed by atoms with van der Waals surface area (Å²) in [4.78, 5) is 35.9. The molecule has 2 aromatic carbocycles. The van der Waals surface area contributed by atoms with Crippen LogP contribution in [0.5, 0.6) is 0 Å². The van der Waals surface area contributed by atoms with Crippen molar-refractivity contribution < 1.29 is 28.2 Å². The van der Waals surface area contributed by atoms with E-state index in [1.165, 1.54) is 30.3 Å². The van der Waals surface area contributed by atoms with Crippen molar-refractivity contribution >= 4 is 29.2 Å². The van der Waals surface area contributed by atoms with Crippen LogP contribution in [0.3, 0.4) is 0 Å². The van der Waals surface area contributed by atoms with Gasteiger partial charge < -0.3 is 20.1 Å². The summed E-state index contributed by atoms with van der Waals surface area (Å²) in [5.41, 5.74) is 0.653. The molecular weight excluding hydrogens is 355 g/mol. The number of methoxy groups -OCH3 is 2. The lowest BCUT2D eigenvalue weighted by molar-refractivity contribution is -0.138. The van der Waals surface area contributed by atoms with Crippen molar-refractivity contribution in [3.8, 4) is 0 Å². The van der Waals surface area contributed by atoms with Crippen molar-refractivity contribution in [2.24, 2.45) is 0 Å². The van der Waals surface area contributed by atoms with Gasteiger partial charge >= 0.3 is 11.9 Å². The molecular formula is C19H17FN2O5. The van der Waals surface area contributed by atoms with E-state index >= 15 is 0 Å². The van der Waals surface area contributed by atoms with Gasteiger partial charge in [0.1, 0.15) is 11.5 Å². The maximum absolute atomic E-state index is 13.0. The number of halogens is 1. The Morgan fingerprint density at radius 3 is 2.22 bits per heavy atom. The van der Waals surface area contributed by atoms with Gasteiger partial charge in [0.2, 0.25) is 0 Å². The molecule has 7 nitrogen and oxygen atoms in total. The topological polar surface area (TPSA) is 93.7 Å². The summed E-state index contributed by atoms with van der Waals surface area (Å²) in [5.74, 6) is -2.50. The Bertz CT molecular complexity index is 878. The lowest BCUT2D eigenvalue weighted by atomic mass is 10.1. The predicted octanol–water partition coefficient (Wildman–Crippen LogP) is 2.72. The Hall–Kier alpha value is -3.68. The third-order valence-corrected chi connectivity index (χ3v) is 3.41. The molecule has 0 aliphatic carbocycles. The number of ether oxygens (including phenoxy) is 2. The second-order valence-corrected chi connectivity index (χ2v) is 5.20. The van der Waals surface area contributed by atoms with Gasteiger partial charge in [-0.05, 0) is 36.4 Å². The van der Waals surface area contributed by atoms with Crippen LogP contribution in [-0.4, -0.2) is 32.1 Å². The molecule has 0 atom stereocenters. The van der Waals surface area contributed by atoms with E-state index in [9.17, 15) is 18.8 Å². The summed E-state index contributed by atoms with van der Waals surface area (Å²) in [6, 6.07) is 11.6. The van der Waals surface area contributed by atoms with Gasteiger partial charge in [0.05, 0.1) is 31.5 Å². The van der Waals surface area contributed by atoms with E-state index in [-0.39, 0.29) is 16.9 Å². The first kappa shape index (κ1) is 19.6. The molecule has 0 unspecified atom stereocenters. The maximum atomic E-state index is 13.0. The molecule has 1 amide bonds. The molecule has 8 heteroatoms. The molecule has 0 fully saturated rings. The van der Waals surface area contributed by atoms with Crippen LogP contribution < -0.4 is 10.6 Å². The molecule has 2 rings (SSSR count). The molecule has 2 N–H and O–H groups in total. The molecule has 0 spiro atoms. The van der Waals surface area contributed by atoms with Crippen LogP contribution in [0.2, 0.25) is 0 Å². The zero-order chi connectivity index (χ0) is 19.8. The molecule has 0 radical (unpaired) electrons. The van der Waals surface area contributed by atoms with E-state index in [0.717, 1.165) is 20.3 Å². The standard InChI is InChI=1S/C19H17FN2O5/c1-26-17(23)11-16(19(25)27-2)22-15-6-4-3-5-14(15)18(24)21-13-9-7-12(20)8-10-13/h3-11,22H,1-2H3,(H,21,24)/b16-11+. The van der Waals surface area contributed by atoms with Gasteiger partial charge in [-0.15, -0.1) is 0 Å². The number of rotatable bonds is 6. The first-order valence-corrected chi connectivity index (χ1v) is 7.75. The molecule has 0 bridgehead atoms. The Kier molecular flexibility index (Phi) is 6.65. The van der Waals surface area contributed by atoms with Crippen molar-refractivity contribution in [2.45, 2.75) is 0 Å². The van der Waals surface area contributed by atoms with Crippen LogP contribution in [0.1, 0.15) is 10.4 Å². The first-order valence-electron chi connectivity index (χ1n) is 7.75. The number of amides is 1. The highest BCUT2D eigenvalue weighted by atomic mass is 19.1. The second-order valence-electron chi connectivity index (χ2n) is 5.20. The summed E-state index contributed by atoms with van der Waals surface area (Å²) in [6.07, 6.45) is 0.917. The number of carbonyl (C=O) groups excluding carboxylic acids is 3. The minimum atomic E-state index is -0.811. The van der Waals surface area contributed by atoms with Gasteiger partial charge in [0, 0.05) is 5.69 Å². The molecule has 0 saturated heterocycles. The Balaban J connectivity index is 2.29. The van der Waals surface area contributed by atoms with Gasteiger partial charge in [-0.25, -0.2) is 14.0 Å². The number of hydrogen-bond donors (Lipinski definition) is 2. The van der Waals surface area contributed by atoms with Crippen LogP contribution in [-0.2, 0) is 19.1 Å². The zero-order valence-electron chi connectivity index (χ0n) is 14.6. The molecule has 140 valence electrons. The normalized spacial score (nSPS) is 10.7. The van der Waals surface area contributed by atoms with Crippen molar-refractivity contribution in [1.82, 2.24) is 0 Å². The Morgan fingerprint density at radius 2 is 1.59 bits per heavy atom. The lowest BCUT2D eigenvalue weighted by Crippen LogP contribution is -2.19. The highest BCUT2D eigenvalue weighted by Gasteiger charge is 2.17. The number of anilines is 2. The van der Waals surface area contributed by atoms with Crippen LogP contribution in [0.4, 0.5) is 15.8 Å². The predicted molar refractivity (Wildman–Crippen MR) is 96.5 cm³/mol. The van der Waals surface area contributed by atoms with Gasteiger partial charge in [-0.1, -0.05) is 12.1 Å². The minimum Gasteiger partial charge on any atom is -0.466 e. The second kappa shape index (κ2) is 9.14. The number of carbonyl (C=O) groups is 3. The third-order valence-electron chi connectivity index (χ3n) is 3.41.